The zero-order valence-corrected chi connectivity index (χ0v) is 14.8. The fraction of sp³-hybridized carbons (Fsp3) is 0.421. The maximum Gasteiger partial charge on any atom is 0.263 e. The summed E-state index contributed by atoms with van der Waals surface area (Å²) in [6.07, 6.45) is 3.68. The maximum absolute atomic E-state index is 12.8. The molecule has 0 aliphatic carbocycles. The molecule has 0 spiro atoms. The molecule has 132 valence electrons. The van der Waals surface area contributed by atoms with Gasteiger partial charge in [-0.2, -0.15) is 0 Å². The van der Waals surface area contributed by atoms with Crippen molar-refractivity contribution in [2.75, 3.05) is 31.1 Å². The summed E-state index contributed by atoms with van der Waals surface area (Å²) >= 11 is 0. The van der Waals surface area contributed by atoms with Crippen LogP contribution in [0.5, 0.6) is 5.75 Å². The molecule has 0 N–H and O–H groups in total. The van der Waals surface area contributed by atoms with Crippen molar-refractivity contribution in [2.45, 2.75) is 26.4 Å². The number of hydrogen-bond acceptors (Lipinski definition) is 5. The molecule has 1 aromatic heterocycles. The van der Waals surface area contributed by atoms with Gasteiger partial charge in [-0.1, -0.05) is 25.1 Å². The van der Waals surface area contributed by atoms with Gasteiger partial charge in [-0.05, 0) is 31.0 Å². The van der Waals surface area contributed by atoms with Crippen molar-refractivity contribution < 1.29 is 9.53 Å². The van der Waals surface area contributed by atoms with E-state index in [4.69, 9.17) is 4.74 Å². The van der Waals surface area contributed by atoms with Gasteiger partial charge in [0.05, 0.1) is 0 Å². The van der Waals surface area contributed by atoms with E-state index in [2.05, 4.69) is 14.9 Å². The highest BCUT2D eigenvalue weighted by Crippen LogP contribution is 2.20. The number of carbonyl (C=O) groups is 1. The van der Waals surface area contributed by atoms with Crippen molar-refractivity contribution in [3.05, 3.63) is 48.3 Å². The number of hydrogen-bond donors (Lipinski definition) is 0. The molecule has 1 aliphatic rings. The van der Waals surface area contributed by atoms with E-state index in [1.165, 1.54) is 0 Å². The quantitative estimate of drug-likeness (QED) is 0.836. The summed E-state index contributed by atoms with van der Waals surface area (Å²) in [6.45, 7) is 6.75. The number of anilines is 1. The number of rotatable bonds is 5. The molecule has 1 aliphatic heterocycles. The highest BCUT2D eigenvalue weighted by molar-refractivity contribution is 5.81. The van der Waals surface area contributed by atoms with E-state index in [9.17, 15) is 4.79 Å². The Bertz CT molecular complexity index is 700. The number of aryl methyl sites for hydroxylation is 1. The molecule has 1 aromatic carbocycles. The second kappa shape index (κ2) is 7.96. The number of para-hydroxylation sites is 1. The van der Waals surface area contributed by atoms with Crippen LogP contribution < -0.4 is 9.64 Å². The minimum Gasteiger partial charge on any atom is -0.480 e. The van der Waals surface area contributed by atoms with Crippen LogP contribution in [-0.2, 0) is 4.79 Å². The highest BCUT2D eigenvalue weighted by atomic mass is 16.5. The van der Waals surface area contributed by atoms with Gasteiger partial charge in [0.25, 0.3) is 5.91 Å². The SMILES string of the molecule is CC[C@H](Oc1ccccc1C)C(=O)N1CCN(c2ncccn2)CC1. The van der Waals surface area contributed by atoms with E-state index in [-0.39, 0.29) is 5.91 Å². The lowest BCUT2D eigenvalue weighted by Gasteiger charge is -2.36. The van der Waals surface area contributed by atoms with Crippen molar-refractivity contribution in [2.24, 2.45) is 0 Å². The smallest absolute Gasteiger partial charge is 0.263 e. The Morgan fingerprint density at radius 3 is 2.44 bits per heavy atom. The second-order valence-electron chi connectivity index (χ2n) is 6.14. The van der Waals surface area contributed by atoms with E-state index >= 15 is 0 Å². The molecule has 0 radical (unpaired) electrons. The second-order valence-corrected chi connectivity index (χ2v) is 6.14. The third kappa shape index (κ3) is 4.07. The summed E-state index contributed by atoms with van der Waals surface area (Å²) in [6, 6.07) is 9.60. The number of piperazine rings is 1. The Morgan fingerprint density at radius 1 is 1.12 bits per heavy atom. The van der Waals surface area contributed by atoms with Crippen LogP contribution in [0, 0.1) is 6.92 Å². The van der Waals surface area contributed by atoms with Crippen LogP contribution in [0.15, 0.2) is 42.7 Å². The molecule has 1 fully saturated rings. The van der Waals surface area contributed by atoms with Gasteiger partial charge in [0, 0.05) is 38.6 Å². The number of nitrogens with zero attached hydrogens (tertiary/aromatic N) is 4. The standard InChI is InChI=1S/C19H24N4O2/c1-3-16(25-17-8-5-4-7-15(17)2)18(24)22-11-13-23(14-12-22)19-20-9-6-10-21-19/h4-10,16H,3,11-14H2,1-2H3/t16-/m0/s1. The van der Waals surface area contributed by atoms with Crippen molar-refractivity contribution in [3.8, 4) is 5.75 Å². The van der Waals surface area contributed by atoms with Crippen molar-refractivity contribution in [1.29, 1.82) is 0 Å². The van der Waals surface area contributed by atoms with Crippen LogP contribution in [0.4, 0.5) is 5.95 Å². The summed E-state index contributed by atoms with van der Waals surface area (Å²) in [5, 5.41) is 0. The fourth-order valence-corrected chi connectivity index (χ4v) is 2.94. The molecule has 0 bridgehead atoms. The third-order valence-corrected chi connectivity index (χ3v) is 4.44. The number of benzene rings is 1. The zero-order valence-electron chi connectivity index (χ0n) is 14.8. The number of ether oxygens (including phenoxy) is 1. The van der Waals surface area contributed by atoms with E-state index in [0.717, 1.165) is 30.4 Å². The predicted octanol–water partition coefficient (Wildman–Crippen LogP) is 2.29. The van der Waals surface area contributed by atoms with Crippen LogP contribution in [-0.4, -0.2) is 53.1 Å². The monoisotopic (exact) mass is 340 g/mol. The van der Waals surface area contributed by atoms with Gasteiger partial charge in [0.15, 0.2) is 6.10 Å². The Labute approximate surface area is 148 Å². The molecule has 6 nitrogen and oxygen atoms in total. The summed E-state index contributed by atoms with van der Waals surface area (Å²) < 4.78 is 5.99. The Balaban J connectivity index is 1.60. The number of amides is 1. The van der Waals surface area contributed by atoms with Crippen LogP contribution in [0.3, 0.4) is 0 Å². The molecule has 6 heteroatoms. The first-order valence-electron chi connectivity index (χ1n) is 8.72. The first kappa shape index (κ1) is 17.2. The summed E-state index contributed by atoms with van der Waals surface area (Å²) in [4.78, 5) is 25.4. The fourth-order valence-electron chi connectivity index (χ4n) is 2.94. The summed E-state index contributed by atoms with van der Waals surface area (Å²) in [5.41, 5.74) is 1.04. The molecule has 1 amide bonds. The van der Waals surface area contributed by atoms with Gasteiger partial charge >= 0.3 is 0 Å². The van der Waals surface area contributed by atoms with Gasteiger partial charge in [-0.3, -0.25) is 4.79 Å². The number of aromatic nitrogens is 2. The van der Waals surface area contributed by atoms with Crippen LogP contribution in [0.25, 0.3) is 0 Å². The molecule has 0 unspecified atom stereocenters. The Kier molecular flexibility index (Phi) is 5.48. The maximum atomic E-state index is 12.8. The lowest BCUT2D eigenvalue weighted by atomic mass is 10.2. The normalized spacial score (nSPS) is 15.8. The lowest BCUT2D eigenvalue weighted by Crippen LogP contribution is -2.52. The Hall–Kier alpha value is -2.63. The van der Waals surface area contributed by atoms with Crippen LogP contribution >= 0.6 is 0 Å². The molecule has 0 saturated carbocycles. The minimum atomic E-state index is -0.444. The van der Waals surface area contributed by atoms with Crippen LogP contribution in [0.1, 0.15) is 18.9 Å². The van der Waals surface area contributed by atoms with E-state index in [1.807, 2.05) is 43.0 Å². The molecular weight excluding hydrogens is 316 g/mol. The summed E-state index contributed by atoms with van der Waals surface area (Å²) in [7, 11) is 0. The van der Waals surface area contributed by atoms with E-state index < -0.39 is 6.10 Å². The first-order valence-corrected chi connectivity index (χ1v) is 8.72. The lowest BCUT2D eigenvalue weighted by molar-refractivity contribution is -0.139. The zero-order chi connectivity index (χ0) is 17.6. The van der Waals surface area contributed by atoms with Crippen molar-refractivity contribution in [3.63, 3.8) is 0 Å². The average Bonchev–Trinajstić information content (AvgIpc) is 2.68. The van der Waals surface area contributed by atoms with Crippen molar-refractivity contribution >= 4 is 11.9 Å². The van der Waals surface area contributed by atoms with E-state index in [0.29, 0.717) is 19.5 Å². The van der Waals surface area contributed by atoms with Crippen molar-refractivity contribution in [1.82, 2.24) is 14.9 Å². The molecule has 1 saturated heterocycles. The van der Waals surface area contributed by atoms with Gasteiger partial charge in [0.2, 0.25) is 5.95 Å². The Morgan fingerprint density at radius 2 is 1.80 bits per heavy atom. The van der Waals surface area contributed by atoms with Crippen LogP contribution in [0.2, 0.25) is 0 Å². The highest BCUT2D eigenvalue weighted by Gasteiger charge is 2.28. The topological polar surface area (TPSA) is 58.6 Å². The molecule has 2 heterocycles. The largest absolute Gasteiger partial charge is 0.480 e. The molecule has 2 aromatic rings. The third-order valence-electron chi connectivity index (χ3n) is 4.44. The molecular formula is C19H24N4O2. The van der Waals surface area contributed by atoms with Gasteiger partial charge in [0.1, 0.15) is 5.75 Å². The number of carbonyl (C=O) groups excluding carboxylic acids is 1. The molecule has 25 heavy (non-hydrogen) atoms. The average molecular weight is 340 g/mol. The van der Waals surface area contributed by atoms with Gasteiger partial charge in [-0.25, -0.2) is 9.97 Å². The van der Waals surface area contributed by atoms with E-state index in [1.54, 1.807) is 18.5 Å². The molecule has 3 rings (SSSR count). The van der Waals surface area contributed by atoms with Gasteiger partial charge < -0.3 is 14.5 Å². The van der Waals surface area contributed by atoms with Gasteiger partial charge in [-0.15, -0.1) is 0 Å². The minimum absolute atomic E-state index is 0.0550. The first-order chi connectivity index (χ1) is 12.2. The summed E-state index contributed by atoms with van der Waals surface area (Å²) in [5.74, 6) is 1.55. The predicted molar refractivity (Wildman–Crippen MR) is 96.7 cm³/mol. The molecule has 1 atom stereocenters.